The van der Waals surface area contributed by atoms with E-state index in [1.165, 1.54) is 22.1 Å². The highest BCUT2D eigenvalue weighted by Gasteiger charge is 2.26. The number of nitrogens with zero attached hydrogens (tertiary/aromatic N) is 2. The van der Waals surface area contributed by atoms with Crippen LogP contribution in [0.4, 0.5) is 5.69 Å². The molecule has 2 heterocycles. The number of hydrogen-bond donors (Lipinski definition) is 1. The molecule has 1 aliphatic rings. The number of pyridine rings is 1. The molecule has 138 valence electrons. The second-order valence-electron chi connectivity index (χ2n) is 6.01. The molecule has 1 N–H and O–H groups in total. The van der Waals surface area contributed by atoms with E-state index in [0.717, 1.165) is 24.2 Å². The van der Waals surface area contributed by atoms with Gasteiger partial charge < -0.3 is 5.32 Å². The van der Waals surface area contributed by atoms with Crippen LogP contribution in [0.3, 0.4) is 0 Å². The van der Waals surface area contributed by atoms with Gasteiger partial charge in [0, 0.05) is 36.1 Å². The molecule has 1 fully saturated rings. The summed E-state index contributed by atoms with van der Waals surface area (Å²) in [4.78, 5) is 17.3. The second-order valence-corrected chi connectivity index (χ2v) is 9.00. The summed E-state index contributed by atoms with van der Waals surface area (Å²) in [5.74, 6) is 0.0620. The fourth-order valence-corrected chi connectivity index (χ4v) is 5.02. The Labute approximate surface area is 158 Å². The summed E-state index contributed by atoms with van der Waals surface area (Å²) >= 11 is 1.40. The van der Waals surface area contributed by atoms with Gasteiger partial charge in [-0.3, -0.25) is 9.78 Å². The first-order valence-electron chi connectivity index (χ1n) is 8.48. The van der Waals surface area contributed by atoms with Crippen molar-refractivity contribution in [3.8, 4) is 0 Å². The lowest BCUT2D eigenvalue weighted by Crippen LogP contribution is -2.35. The quantitative estimate of drug-likeness (QED) is 0.766. The van der Waals surface area contributed by atoms with Crippen molar-refractivity contribution >= 4 is 33.4 Å². The van der Waals surface area contributed by atoms with Crippen LogP contribution in [0, 0.1) is 0 Å². The minimum atomic E-state index is -3.51. The fraction of sp³-hybridized carbons (Fsp3) is 0.333. The van der Waals surface area contributed by atoms with Crippen LogP contribution in [0.25, 0.3) is 0 Å². The summed E-state index contributed by atoms with van der Waals surface area (Å²) < 4.78 is 27.0. The van der Waals surface area contributed by atoms with Crippen LogP contribution in [0.15, 0.2) is 58.6 Å². The highest BCUT2D eigenvalue weighted by Crippen LogP contribution is 2.23. The molecule has 0 unspecified atom stereocenters. The van der Waals surface area contributed by atoms with Gasteiger partial charge in [-0.1, -0.05) is 12.5 Å². The second kappa shape index (κ2) is 8.66. The van der Waals surface area contributed by atoms with E-state index in [-0.39, 0.29) is 16.6 Å². The number of hydrogen-bond acceptors (Lipinski definition) is 5. The van der Waals surface area contributed by atoms with Crippen molar-refractivity contribution in [3.05, 3.63) is 48.8 Å². The third kappa shape index (κ3) is 4.84. The van der Waals surface area contributed by atoms with Crippen molar-refractivity contribution in [2.45, 2.75) is 29.1 Å². The molecule has 1 aromatic carbocycles. The normalized spacial score (nSPS) is 15.5. The number of nitrogens with one attached hydrogen (secondary N) is 1. The van der Waals surface area contributed by atoms with Gasteiger partial charge in [0.05, 0.1) is 10.6 Å². The lowest BCUT2D eigenvalue weighted by molar-refractivity contribution is -0.113. The monoisotopic (exact) mass is 391 g/mol. The number of thioether (sulfide) groups is 1. The summed E-state index contributed by atoms with van der Waals surface area (Å²) in [5, 5.41) is 2.77. The number of piperidine rings is 1. The van der Waals surface area contributed by atoms with Gasteiger partial charge in [-0.25, -0.2) is 8.42 Å². The summed E-state index contributed by atoms with van der Waals surface area (Å²) in [6.45, 7) is 1.11. The van der Waals surface area contributed by atoms with Crippen molar-refractivity contribution in [1.82, 2.24) is 9.29 Å². The number of aromatic nitrogens is 1. The molecule has 0 bridgehead atoms. The van der Waals surface area contributed by atoms with Crippen molar-refractivity contribution in [1.29, 1.82) is 0 Å². The van der Waals surface area contributed by atoms with Gasteiger partial charge in [0.2, 0.25) is 15.9 Å². The zero-order chi connectivity index (χ0) is 18.4. The van der Waals surface area contributed by atoms with Crippen LogP contribution in [-0.4, -0.2) is 42.5 Å². The molecule has 0 atom stereocenters. The van der Waals surface area contributed by atoms with E-state index < -0.39 is 10.0 Å². The molecule has 2 aromatic rings. The first-order chi connectivity index (χ1) is 12.6. The third-order valence-electron chi connectivity index (χ3n) is 4.09. The van der Waals surface area contributed by atoms with E-state index in [9.17, 15) is 13.2 Å². The van der Waals surface area contributed by atoms with Crippen LogP contribution in [-0.2, 0) is 14.8 Å². The van der Waals surface area contributed by atoms with E-state index in [1.807, 2.05) is 12.1 Å². The number of anilines is 1. The summed E-state index contributed by atoms with van der Waals surface area (Å²) in [6, 6.07) is 10.1. The Hall–Kier alpha value is -1.90. The molecular weight excluding hydrogens is 370 g/mol. The fourth-order valence-electron chi connectivity index (χ4n) is 2.77. The van der Waals surface area contributed by atoms with Crippen LogP contribution in [0.5, 0.6) is 0 Å². The average Bonchev–Trinajstić information content (AvgIpc) is 2.68. The maximum atomic E-state index is 12.7. The molecule has 26 heavy (non-hydrogen) atoms. The predicted molar refractivity (Wildman–Crippen MR) is 103 cm³/mol. The van der Waals surface area contributed by atoms with E-state index in [0.29, 0.717) is 18.8 Å². The van der Waals surface area contributed by atoms with E-state index in [4.69, 9.17) is 0 Å². The highest BCUT2D eigenvalue weighted by molar-refractivity contribution is 8.00. The van der Waals surface area contributed by atoms with E-state index in [2.05, 4.69) is 10.3 Å². The molecule has 1 saturated heterocycles. The number of benzene rings is 1. The minimum Gasteiger partial charge on any atom is -0.325 e. The summed E-state index contributed by atoms with van der Waals surface area (Å²) in [5.41, 5.74) is 0.489. The standard InChI is InChI=1S/C18H21N3O3S2/c22-18(14-25-16-7-9-19-10-8-16)20-15-5-4-6-17(13-15)26(23,24)21-11-2-1-3-12-21/h4-10,13H,1-3,11-12,14H2,(H,20,22). The van der Waals surface area contributed by atoms with E-state index in [1.54, 1.807) is 30.6 Å². The molecule has 8 heteroatoms. The Bertz CT molecular complexity index is 851. The van der Waals surface area contributed by atoms with Gasteiger partial charge in [0.25, 0.3) is 0 Å². The largest absolute Gasteiger partial charge is 0.325 e. The van der Waals surface area contributed by atoms with Crippen LogP contribution in [0.2, 0.25) is 0 Å². The van der Waals surface area contributed by atoms with Crippen LogP contribution < -0.4 is 5.32 Å². The molecule has 1 amide bonds. The first kappa shape index (κ1) is 18.9. The summed E-state index contributed by atoms with van der Waals surface area (Å²) in [7, 11) is -3.51. The molecule has 6 nitrogen and oxygen atoms in total. The summed E-state index contributed by atoms with van der Waals surface area (Å²) in [6.07, 6.45) is 6.20. The molecular formula is C18H21N3O3S2. The van der Waals surface area contributed by atoms with Gasteiger partial charge in [-0.15, -0.1) is 11.8 Å². The van der Waals surface area contributed by atoms with Gasteiger partial charge in [0.1, 0.15) is 0 Å². The zero-order valence-corrected chi connectivity index (χ0v) is 15.9. The molecule has 0 aliphatic carbocycles. The Morgan fingerprint density at radius 3 is 2.58 bits per heavy atom. The first-order valence-corrected chi connectivity index (χ1v) is 10.9. The number of sulfonamides is 1. The predicted octanol–water partition coefficient (Wildman–Crippen LogP) is 2.99. The molecule has 0 radical (unpaired) electrons. The topological polar surface area (TPSA) is 79.4 Å². The Morgan fingerprint density at radius 1 is 1.12 bits per heavy atom. The molecule has 0 saturated carbocycles. The zero-order valence-electron chi connectivity index (χ0n) is 14.3. The SMILES string of the molecule is O=C(CSc1ccncc1)Nc1cccc(S(=O)(=O)N2CCCCC2)c1. The maximum absolute atomic E-state index is 12.7. The Balaban J connectivity index is 1.64. The molecule has 1 aromatic heterocycles. The number of rotatable bonds is 6. The molecule has 3 rings (SSSR count). The van der Waals surface area contributed by atoms with E-state index >= 15 is 0 Å². The van der Waals surface area contributed by atoms with Crippen molar-refractivity contribution in [3.63, 3.8) is 0 Å². The third-order valence-corrected chi connectivity index (χ3v) is 7.00. The van der Waals surface area contributed by atoms with Gasteiger partial charge >= 0.3 is 0 Å². The van der Waals surface area contributed by atoms with Crippen molar-refractivity contribution < 1.29 is 13.2 Å². The smallest absolute Gasteiger partial charge is 0.243 e. The lowest BCUT2D eigenvalue weighted by atomic mass is 10.2. The molecule has 1 aliphatic heterocycles. The van der Waals surface area contributed by atoms with Gasteiger partial charge in [-0.2, -0.15) is 4.31 Å². The number of carbonyl (C=O) groups is 1. The van der Waals surface area contributed by atoms with Crippen LogP contribution in [0.1, 0.15) is 19.3 Å². The number of carbonyl (C=O) groups excluding carboxylic acids is 1. The van der Waals surface area contributed by atoms with Crippen molar-refractivity contribution in [2.24, 2.45) is 0 Å². The number of amides is 1. The lowest BCUT2D eigenvalue weighted by Gasteiger charge is -2.26. The van der Waals surface area contributed by atoms with Gasteiger partial charge in [-0.05, 0) is 43.2 Å². The Kier molecular flexibility index (Phi) is 6.29. The Morgan fingerprint density at radius 2 is 1.85 bits per heavy atom. The minimum absolute atomic E-state index is 0.181. The van der Waals surface area contributed by atoms with Crippen molar-refractivity contribution in [2.75, 3.05) is 24.2 Å². The van der Waals surface area contributed by atoms with Gasteiger partial charge in [0.15, 0.2) is 0 Å². The van der Waals surface area contributed by atoms with Crippen LogP contribution >= 0.6 is 11.8 Å². The average molecular weight is 392 g/mol. The highest BCUT2D eigenvalue weighted by atomic mass is 32.2. The maximum Gasteiger partial charge on any atom is 0.243 e. The molecule has 0 spiro atoms.